The van der Waals surface area contributed by atoms with Crippen LogP contribution < -0.4 is 5.32 Å². The molecule has 3 N–H and O–H groups in total. The van der Waals surface area contributed by atoms with Gasteiger partial charge >= 0.3 is 6.03 Å². The van der Waals surface area contributed by atoms with Crippen LogP contribution in [0.25, 0.3) is 10.9 Å². The molecule has 3 aromatic rings. The zero-order chi connectivity index (χ0) is 24.7. The van der Waals surface area contributed by atoms with Gasteiger partial charge in [-0.05, 0) is 74.3 Å². The summed E-state index contributed by atoms with van der Waals surface area (Å²) in [6.45, 7) is 7.49. The first kappa shape index (κ1) is 23.6. The zero-order valence-electron chi connectivity index (χ0n) is 19.7. The van der Waals surface area contributed by atoms with E-state index in [0.717, 1.165) is 51.7 Å². The van der Waals surface area contributed by atoms with Gasteiger partial charge in [0.2, 0.25) is 0 Å². The van der Waals surface area contributed by atoms with Crippen LogP contribution >= 0.6 is 15.9 Å². The fraction of sp³-hybridized carbons (Fsp3) is 0.333. The Hall–Kier alpha value is -3.10. The molecule has 1 aromatic heterocycles. The highest BCUT2D eigenvalue weighted by atomic mass is 79.9. The number of amides is 3. The number of H-pyrrole nitrogens is 1. The lowest BCUT2D eigenvalue weighted by Crippen LogP contribution is -2.53. The Kier molecular flexibility index (Phi) is 6.19. The summed E-state index contributed by atoms with van der Waals surface area (Å²) in [5.74, 6) is -0.0515. The lowest BCUT2D eigenvalue weighted by atomic mass is 9.81. The summed E-state index contributed by atoms with van der Waals surface area (Å²) in [5.41, 5.74) is 2.61. The van der Waals surface area contributed by atoms with Crippen molar-refractivity contribution < 1.29 is 14.7 Å². The lowest BCUT2D eigenvalue weighted by Gasteiger charge is -2.42. The van der Waals surface area contributed by atoms with Gasteiger partial charge in [0.05, 0.1) is 0 Å². The van der Waals surface area contributed by atoms with Gasteiger partial charge in [-0.2, -0.15) is 0 Å². The van der Waals surface area contributed by atoms with E-state index in [4.69, 9.17) is 0 Å². The summed E-state index contributed by atoms with van der Waals surface area (Å²) >= 11 is 3.57. The predicted molar refractivity (Wildman–Crippen MR) is 139 cm³/mol. The fourth-order valence-corrected chi connectivity index (χ4v) is 5.78. The van der Waals surface area contributed by atoms with Crippen molar-refractivity contribution in [1.82, 2.24) is 20.1 Å². The molecule has 0 aliphatic carbocycles. The lowest BCUT2D eigenvalue weighted by molar-refractivity contribution is -0.133. The molecule has 0 radical (unpaired) electrons. The second-order valence-electron chi connectivity index (χ2n) is 9.45. The number of urea groups is 1. The van der Waals surface area contributed by atoms with Crippen molar-refractivity contribution in [1.29, 1.82) is 0 Å². The Morgan fingerprint density at radius 1 is 1.26 bits per heavy atom. The van der Waals surface area contributed by atoms with Gasteiger partial charge in [0.25, 0.3) is 5.91 Å². The smallest absolute Gasteiger partial charge is 0.328 e. The average molecular weight is 537 g/mol. The van der Waals surface area contributed by atoms with Gasteiger partial charge in [0.1, 0.15) is 17.3 Å². The number of aromatic nitrogens is 1. The first-order valence-corrected chi connectivity index (χ1v) is 12.7. The molecule has 8 heteroatoms. The number of halogens is 1. The number of carbonyl (C=O) groups excluding carboxylic acids is 2. The maximum Gasteiger partial charge on any atom is 0.328 e. The first-order chi connectivity index (χ1) is 16.8. The van der Waals surface area contributed by atoms with Crippen LogP contribution in [0, 0.1) is 0 Å². The third-order valence-corrected chi connectivity index (χ3v) is 7.57. The van der Waals surface area contributed by atoms with Gasteiger partial charge in [0.15, 0.2) is 0 Å². The molecule has 3 amide bonds. The number of benzene rings is 2. The van der Waals surface area contributed by atoms with E-state index in [-0.39, 0.29) is 17.7 Å². The molecule has 2 atom stereocenters. The number of imide groups is 1. The zero-order valence-corrected chi connectivity index (χ0v) is 21.3. The molecule has 1 saturated heterocycles. The minimum Gasteiger partial charge on any atom is -0.508 e. The van der Waals surface area contributed by atoms with Crippen molar-refractivity contribution in [2.45, 2.75) is 37.8 Å². The average Bonchev–Trinajstić information content (AvgIpc) is 3.27. The summed E-state index contributed by atoms with van der Waals surface area (Å²) < 4.78 is 0.952. The molecule has 5 rings (SSSR count). The first-order valence-electron chi connectivity index (χ1n) is 11.9. The number of aromatic amines is 1. The quantitative estimate of drug-likeness (QED) is 0.218. The van der Waals surface area contributed by atoms with E-state index < -0.39 is 11.6 Å². The van der Waals surface area contributed by atoms with Crippen LogP contribution in [0.2, 0.25) is 0 Å². The summed E-state index contributed by atoms with van der Waals surface area (Å²) in [6.07, 6.45) is 3.84. The monoisotopic (exact) mass is 536 g/mol. The Balaban J connectivity index is 1.55. The minimum atomic E-state index is -1.02. The van der Waals surface area contributed by atoms with Crippen LogP contribution in [0.15, 0.2) is 59.6 Å². The molecule has 3 heterocycles. The van der Waals surface area contributed by atoms with Gasteiger partial charge in [-0.3, -0.25) is 14.6 Å². The molecule has 1 fully saturated rings. The molecule has 0 saturated carbocycles. The molecule has 182 valence electrons. The normalized spacial score (nSPS) is 21.5. The van der Waals surface area contributed by atoms with Gasteiger partial charge in [-0.15, -0.1) is 6.58 Å². The number of hydrogen-bond acceptors (Lipinski definition) is 4. The molecule has 0 bridgehead atoms. The highest BCUT2D eigenvalue weighted by Crippen LogP contribution is 2.49. The number of fused-ring (bicyclic) bond motifs is 4. The SMILES string of the molecule is C=CCCNCCCN1C(=O)N2[C@H](c3cccc(O)c3)c3[nH]c4ccc(Br)cc4c3C[C@@]2(C)C1=O. The Bertz CT molecular complexity index is 1320. The van der Waals surface area contributed by atoms with Crippen LogP contribution in [-0.4, -0.2) is 57.0 Å². The van der Waals surface area contributed by atoms with Gasteiger partial charge in [-0.1, -0.05) is 34.1 Å². The van der Waals surface area contributed by atoms with Crippen molar-refractivity contribution in [2.24, 2.45) is 0 Å². The Labute approximate surface area is 212 Å². The molecule has 7 nitrogen and oxygen atoms in total. The van der Waals surface area contributed by atoms with E-state index in [1.807, 2.05) is 31.2 Å². The topological polar surface area (TPSA) is 88.7 Å². The van der Waals surface area contributed by atoms with E-state index >= 15 is 0 Å². The second-order valence-corrected chi connectivity index (χ2v) is 10.4. The molecule has 0 unspecified atom stereocenters. The number of carbonyl (C=O) groups is 2. The Morgan fingerprint density at radius 3 is 2.86 bits per heavy atom. The molecular formula is C27H29BrN4O3. The van der Waals surface area contributed by atoms with Gasteiger partial charge in [-0.25, -0.2) is 4.79 Å². The Morgan fingerprint density at radius 2 is 2.09 bits per heavy atom. The molecule has 0 spiro atoms. The predicted octanol–water partition coefficient (Wildman–Crippen LogP) is 4.86. The van der Waals surface area contributed by atoms with Crippen molar-refractivity contribution in [3.05, 3.63) is 76.4 Å². The highest BCUT2D eigenvalue weighted by molar-refractivity contribution is 9.10. The highest BCUT2D eigenvalue weighted by Gasteiger charge is 2.60. The molecule has 2 aromatic carbocycles. The van der Waals surface area contributed by atoms with Gasteiger partial charge < -0.3 is 15.4 Å². The van der Waals surface area contributed by atoms with E-state index in [1.165, 1.54) is 4.90 Å². The number of rotatable bonds is 8. The van der Waals surface area contributed by atoms with Crippen molar-refractivity contribution in [2.75, 3.05) is 19.6 Å². The summed E-state index contributed by atoms with van der Waals surface area (Å²) in [4.78, 5) is 34.2. The van der Waals surface area contributed by atoms with Gasteiger partial charge in [0, 0.05) is 34.0 Å². The van der Waals surface area contributed by atoms with Crippen molar-refractivity contribution in [3.8, 4) is 5.75 Å². The van der Waals surface area contributed by atoms with Crippen LogP contribution in [-0.2, 0) is 11.2 Å². The largest absolute Gasteiger partial charge is 0.508 e. The molecular weight excluding hydrogens is 508 g/mol. The third-order valence-electron chi connectivity index (χ3n) is 7.07. The number of nitrogens with zero attached hydrogens (tertiary/aromatic N) is 2. The summed E-state index contributed by atoms with van der Waals surface area (Å²) in [6, 6.07) is 12.2. The third kappa shape index (κ3) is 3.94. The molecule has 2 aliphatic rings. The number of aromatic hydroxyl groups is 1. The van der Waals surface area contributed by atoms with E-state index in [9.17, 15) is 14.7 Å². The van der Waals surface area contributed by atoms with Crippen molar-refractivity contribution in [3.63, 3.8) is 0 Å². The standard InChI is InChI=1S/C27H29BrN4O3/c1-3-4-11-29-12-6-13-31-25(34)27(2)16-21-20-15-18(28)9-10-22(20)30-23(21)24(32(27)26(31)35)17-7-5-8-19(33)14-17/h3,5,7-10,14-15,24,29-30,33H,1,4,6,11-13,16H2,2H3/t24-,27+/m1/s1. The number of phenolic OH excluding ortho intramolecular Hbond substituents is 1. The van der Waals surface area contributed by atoms with E-state index in [2.05, 4.69) is 38.9 Å². The molecule has 35 heavy (non-hydrogen) atoms. The van der Waals surface area contributed by atoms with Crippen LogP contribution in [0.1, 0.15) is 42.6 Å². The summed E-state index contributed by atoms with van der Waals surface area (Å²) in [5, 5.41) is 14.6. The number of hydrogen-bond donors (Lipinski definition) is 3. The minimum absolute atomic E-state index is 0.121. The van der Waals surface area contributed by atoms with E-state index in [1.54, 1.807) is 23.1 Å². The van der Waals surface area contributed by atoms with Crippen LogP contribution in [0.5, 0.6) is 5.75 Å². The second kappa shape index (κ2) is 9.17. The number of phenols is 1. The van der Waals surface area contributed by atoms with Crippen LogP contribution in [0.4, 0.5) is 4.79 Å². The number of nitrogens with one attached hydrogen (secondary N) is 2. The fourth-order valence-electron chi connectivity index (χ4n) is 5.41. The summed E-state index contributed by atoms with van der Waals surface area (Å²) in [7, 11) is 0. The van der Waals surface area contributed by atoms with E-state index in [0.29, 0.717) is 19.4 Å². The maximum atomic E-state index is 13.8. The maximum absolute atomic E-state index is 13.8. The molecule has 2 aliphatic heterocycles. The van der Waals surface area contributed by atoms with Crippen molar-refractivity contribution >= 4 is 38.8 Å². The van der Waals surface area contributed by atoms with Crippen LogP contribution in [0.3, 0.4) is 0 Å².